The van der Waals surface area contributed by atoms with Crippen molar-refractivity contribution in [2.45, 2.75) is 13.8 Å². The van der Waals surface area contributed by atoms with Crippen LogP contribution in [0, 0.1) is 0 Å². The lowest BCUT2D eigenvalue weighted by molar-refractivity contribution is 0.340. The van der Waals surface area contributed by atoms with Gasteiger partial charge in [-0.3, -0.25) is 4.99 Å². The van der Waals surface area contributed by atoms with Gasteiger partial charge in [0.05, 0.1) is 23.9 Å². The molecular weight excluding hydrogens is 286 g/mol. The molecule has 2 aromatic carbocycles. The zero-order chi connectivity index (χ0) is 15.1. The largest absolute Gasteiger partial charge is 0.494 e. The van der Waals surface area contributed by atoms with Crippen molar-refractivity contribution in [3.63, 3.8) is 0 Å². The van der Waals surface area contributed by atoms with E-state index in [1.165, 1.54) is 0 Å². The minimum absolute atomic E-state index is 0.590. The van der Waals surface area contributed by atoms with E-state index in [2.05, 4.69) is 4.99 Å². The first kappa shape index (κ1) is 15.4. The van der Waals surface area contributed by atoms with Crippen molar-refractivity contribution in [3.8, 4) is 11.5 Å². The van der Waals surface area contributed by atoms with Crippen molar-refractivity contribution in [1.29, 1.82) is 0 Å². The molecule has 0 spiro atoms. The van der Waals surface area contributed by atoms with E-state index < -0.39 is 0 Å². The van der Waals surface area contributed by atoms with Crippen molar-refractivity contribution < 1.29 is 9.47 Å². The van der Waals surface area contributed by atoms with Gasteiger partial charge in [0.1, 0.15) is 11.5 Å². The lowest BCUT2D eigenvalue weighted by Crippen LogP contribution is -1.92. The van der Waals surface area contributed by atoms with Gasteiger partial charge in [0, 0.05) is 6.21 Å². The van der Waals surface area contributed by atoms with E-state index in [0.717, 1.165) is 17.0 Å². The van der Waals surface area contributed by atoms with Gasteiger partial charge in [-0.15, -0.1) is 0 Å². The van der Waals surface area contributed by atoms with Crippen LogP contribution < -0.4 is 9.47 Å². The highest BCUT2D eigenvalue weighted by molar-refractivity contribution is 6.32. The third-order valence-electron chi connectivity index (χ3n) is 2.77. The molecule has 4 heteroatoms. The zero-order valence-electron chi connectivity index (χ0n) is 12.2. The van der Waals surface area contributed by atoms with Crippen molar-refractivity contribution in [1.82, 2.24) is 0 Å². The number of nitrogens with zero attached hydrogens (tertiary/aromatic N) is 1. The fourth-order valence-electron chi connectivity index (χ4n) is 1.81. The van der Waals surface area contributed by atoms with Crippen LogP contribution in [0.15, 0.2) is 47.5 Å². The topological polar surface area (TPSA) is 30.8 Å². The maximum atomic E-state index is 6.14. The molecule has 0 bridgehead atoms. The maximum absolute atomic E-state index is 6.14. The van der Waals surface area contributed by atoms with Crippen LogP contribution >= 0.6 is 11.6 Å². The molecule has 0 fully saturated rings. The molecule has 0 N–H and O–H groups in total. The standard InChI is InChI=1S/C17H18ClNO2/c1-3-20-15-8-6-14(7-9-15)19-12-13-5-10-17(21-4-2)16(18)11-13/h5-12H,3-4H2,1-2H3. The van der Waals surface area contributed by atoms with Crippen LogP contribution in [0.1, 0.15) is 19.4 Å². The van der Waals surface area contributed by atoms with Gasteiger partial charge in [-0.1, -0.05) is 11.6 Å². The Hall–Kier alpha value is -2.00. The Morgan fingerprint density at radius 1 is 1.00 bits per heavy atom. The van der Waals surface area contributed by atoms with E-state index in [0.29, 0.717) is 24.0 Å². The smallest absolute Gasteiger partial charge is 0.137 e. The molecule has 21 heavy (non-hydrogen) atoms. The maximum Gasteiger partial charge on any atom is 0.137 e. The first-order valence-corrected chi connectivity index (χ1v) is 7.30. The number of ether oxygens (including phenoxy) is 2. The first-order chi connectivity index (χ1) is 10.2. The van der Waals surface area contributed by atoms with Crippen molar-refractivity contribution in [2.75, 3.05) is 13.2 Å². The quantitative estimate of drug-likeness (QED) is 0.711. The molecule has 0 amide bonds. The number of aliphatic imine (C=N–C) groups is 1. The summed E-state index contributed by atoms with van der Waals surface area (Å²) < 4.78 is 10.8. The highest BCUT2D eigenvalue weighted by Crippen LogP contribution is 2.25. The fourth-order valence-corrected chi connectivity index (χ4v) is 2.06. The summed E-state index contributed by atoms with van der Waals surface area (Å²) in [6, 6.07) is 13.3. The molecule has 0 saturated heterocycles. The van der Waals surface area contributed by atoms with Gasteiger partial charge >= 0.3 is 0 Å². The van der Waals surface area contributed by atoms with E-state index in [-0.39, 0.29) is 0 Å². The molecule has 3 nitrogen and oxygen atoms in total. The van der Waals surface area contributed by atoms with E-state index in [9.17, 15) is 0 Å². The fraction of sp³-hybridized carbons (Fsp3) is 0.235. The number of rotatable bonds is 6. The molecule has 110 valence electrons. The third kappa shape index (κ3) is 4.50. The van der Waals surface area contributed by atoms with Gasteiger partial charge in [0.25, 0.3) is 0 Å². The molecule has 0 atom stereocenters. The number of halogens is 1. The van der Waals surface area contributed by atoms with Crippen LogP contribution in [0.4, 0.5) is 5.69 Å². The average Bonchev–Trinajstić information content (AvgIpc) is 2.49. The highest BCUT2D eigenvalue weighted by atomic mass is 35.5. The van der Waals surface area contributed by atoms with Gasteiger partial charge in [-0.05, 0) is 61.9 Å². The second-order valence-corrected chi connectivity index (χ2v) is 4.72. The lowest BCUT2D eigenvalue weighted by atomic mass is 10.2. The summed E-state index contributed by atoms with van der Waals surface area (Å²) in [5, 5.41) is 0.590. The van der Waals surface area contributed by atoms with Crippen molar-refractivity contribution >= 4 is 23.5 Å². The van der Waals surface area contributed by atoms with Crippen molar-refractivity contribution in [3.05, 3.63) is 53.1 Å². The minimum atomic E-state index is 0.590. The predicted octanol–water partition coefficient (Wildman–Crippen LogP) is 4.89. The molecule has 0 heterocycles. The lowest BCUT2D eigenvalue weighted by Gasteiger charge is -2.05. The monoisotopic (exact) mass is 303 g/mol. The van der Waals surface area contributed by atoms with Crippen LogP contribution in [-0.2, 0) is 0 Å². The van der Waals surface area contributed by atoms with Crippen LogP contribution in [0.25, 0.3) is 0 Å². The number of benzene rings is 2. The highest BCUT2D eigenvalue weighted by Gasteiger charge is 2.01. The zero-order valence-corrected chi connectivity index (χ0v) is 12.9. The minimum Gasteiger partial charge on any atom is -0.494 e. The second kappa shape index (κ2) is 7.70. The summed E-state index contributed by atoms with van der Waals surface area (Å²) >= 11 is 6.14. The van der Waals surface area contributed by atoms with E-state index in [1.54, 1.807) is 6.21 Å². The SMILES string of the molecule is CCOc1ccc(N=Cc2ccc(OCC)c(Cl)c2)cc1. The Labute approximate surface area is 130 Å². The van der Waals surface area contributed by atoms with E-state index in [4.69, 9.17) is 21.1 Å². The van der Waals surface area contributed by atoms with Gasteiger partial charge in [-0.25, -0.2) is 0 Å². The van der Waals surface area contributed by atoms with Crippen LogP contribution in [0.3, 0.4) is 0 Å². The van der Waals surface area contributed by atoms with Crippen LogP contribution in [-0.4, -0.2) is 19.4 Å². The summed E-state index contributed by atoms with van der Waals surface area (Å²) in [6.45, 7) is 5.14. The molecule has 0 aliphatic carbocycles. The second-order valence-electron chi connectivity index (χ2n) is 4.31. The van der Waals surface area contributed by atoms with E-state index in [1.807, 2.05) is 56.3 Å². The molecule has 2 aromatic rings. The normalized spacial score (nSPS) is 10.8. The van der Waals surface area contributed by atoms with Crippen LogP contribution in [0.5, 0.6) is 11.5 Å². The molecule has 0 saturated carbocycles. The number of hydrogen-bond acceptors (Lipinski definition) is 3. The summed E-state index contributed by atoms with van der Waals surface area (Å²) in [7, 11) is 0. The first-order valence-electron chi connectivity index (χ1n) is 6.92. The molecule has 0 aliphatic rings. The van der Waals surface area contributed by atoms with Gasteiger partial charge in [-0.2, -0.15) is 0 Å². The summed E-state index contributed by atoms with van der Waals surface area (Å²) in [6.07, 6.45) is 1.78. The molecule has 0 aromatic heterocycles. The number of hydrogen-bond donors (Lipinski definition) is 0. The molecule has 0 radical (unpaired) electrons. The summed E-state index contributed by atoms with van der Waals surface area (Å²) in [4.78, 5) is 4.41. The van der Waals surface area contributed by atoms with Gasteiger partial charge < -0.3 is 9.47 Å². The van der Waals surface area contributed by atoms with Crippen LogP contribution in [0.2, 0.25) is 5.02 Å². The summed E-state index contributed by atoms with van der Waals surface area (Å²) in [5.41, 5.74) is 1.79. The molecule has 0 unspecified atom stereocenters. The molecular formula is C17H18ClNO2. The summed E-state index contributed by atoms with van der Waals surface area (Å²) in [5.74, 6) is 1.54. The Balaban J connectivity index is 2.08. The van der Waals surface area contributed by atoms with Gasteiger partial charge in [0.2, 0.25) is 0 Å². The molecule has 0 aliphatic heterocycles. The Kier molecular flexibility index (Phi) is 5.64. The Morgan fingerprint density at radius 3 is 2.33 bits per heavy atom. The third-order valence-corrected chi connectivity index (χ3v) is 3.06. The Bertz CT molecular complexity index is 609. The van der Waals surface area contributed by atoms with E-state index >= 15 is 0 Å². The predicted molar refractivity (Wildman–Crippen MR) is 87.5 cm³/mol. The average molecular weight is 304 g/mol. The molecule has 2 rings (SSSR count). The van der Waals surface area contributed by atoms with Gasteiger partial charge in [0.15, 0.2) is 0 Å². The van der Waals surface area contributed by atoms with Crippen molar-refractivity contribution in [2.24, 2.45) is 4.99 Å². The Morgan fingerprint density at radius 2 is 1.71 bits per heavy atom.